The maximum absolute atomic E-state index is 12.5. The Kier molecular flexibility index (Phi) is 3.92. The van der Waals surface area contributed by atoms with Gasteiger partial charge >= 0.3 is 0 Å². The van der Waals surface area contributed by atoms with Crippen molar-refractivity contribution in [3.63, 3.8) is 0 Å². The van der Waals surface area contributed by atoms with Gasteiger partial charge in [0.1, 0.15) is 0 Å². The lowest BCUT2D eigenvalue weighted by Crippen LogP contribution is -2.39. The molecule has 2 N–H and O–H groups in total. The molecule has 1 aromatic heterocycles. The van der Waals surface area contributed by atoms with Gasteiger partial charge in [-0.2, -0.15) is 0 Å². The van der Waals surface area contributed by atoms with E-state index in [0.717, 1.165) is 31.5 Å². The molecule has 1 atom stereocenters. The van der Waals surface area contributed by atoms with Crippen LogP contribution in [-0.4, -0.2) is 28.2 Å². The SMILES string of the molecule is Cc1cc(C(C)O)c2nc(N3CCC(C)(C)CC3)[nH]c(=O)c2c1. The Hall–Kier alpha value is -1.88. The van der Waals surface area contributed by atoms with Crippen LogP contribution in [-0.2, 0) is 0 Å². The molecule has 2 aromatic rings. The molecule has 5 nitrogen and oxygen atoms in total. The van der Waals surface area contributed by atoms with E-state index in [1.54, 1.807) is 6.92 Å². The molecule has 23 heavy (non-hydrogen) atoms. The number of hydrogen-bond acceptors (Lipinski definition) is 4. The summed E-state index contributed by atoms with van der Waals surface area (Å²) >= 11 is 0. The van der Waals surface area contributed by atoms with Gasteiger partial charge in [0.2, 0.25) is 5.95 Å². The first kappa shape index (κ1) is 16.0. The van der Waals surface area contributed by atoms with Gasteiger partial charge in [-0.25, -0.2) is 4.98 Å². The monoisotopic (exact) mass is 315 g/mol. The van der Waals surface area contributed by atoms with Crippen LogP contribution in [0.4, 0.5) is 5.95 Å². The van der Waals surface area contributed by atoms with E-state index in [9.17, 15) is 9.90 Å². The molecule has 1 aliphatic heterocycles. The highest BCUT2D eigenvalue weighted by Crippen LogP contribution is 2.31. The van der Waals surface area contributed by atoms with Crippen LogP contribution >= 0.6 is 0 Å². The summed E-state index contributed by atoms with van der Waals surface area (Å²) in [6, 6.07) is 3.73. The summed E-state index contributed by atoms with van der Waals surface area (Å²) in [7, 11) is 0. The zero-order valence-corrected chi connectivity index (χ0v) is 14.3. The van der Waals surface area contributed by atoms with Crippen molar-refractivity contribution in [3.05, 3.63) is 33.6 Å². The minimum Gasteiger partial charge on any atom is -0.389 e. The van der Waals surface area contributed by atoms with E-state index in [4.69, 9.17) is 0 Å². The van der Waals surface area contributed by atoms with Crippen LogP contribution in [0.3, 0.4) is 0 Å². The maximum atomic E-state index is 12.5. The topological polar surface area (TPSA) is 69.2 Å². The number of aromatic amines is 1. The van der Waals surface area contributed by atoms with Crippen LogP contribution < -0.4 is 10.5 Å². The molecule has 1 aliphatic rings. The number of nitrogens with zero attached hydrogens (tertiary/aromatic N) is 2. The fourth-order valence-electron chi connectivity index (χ4n) is 3.20. The van der Waals surface area contributed by atoms with Crippen molar-refractivity contribution in [2.45, 2.75) is 46.6 Å². The van der Waals surface area contributed by atoms with Gasteiger partial charge in [0.05, 0.1) is 17.0 Å². The number of aromatic nitrogens is 2. The number of H-pyrrole nitrogens is 1. The standard InChI is InChI=1S/C18H25N3O2/c1-11-9-13(12(2)22)15-14(10-11)16(23)20-17(19-15)21-7-5-18(3,4)6-8-21/h9-10,12,22H,5-8H2,1-4H3,(H,19,20,23). The number of aryl methyl sites for hydroxylation is 1. The number of fused-ring (bicyclic) bond motifs is 1. The second kappa shape index (κ2) is 5.64. The second-order valence-corrected chi connectivity index (χ2v) is 7.47. The van der Waals surface area contributed by atoms with Crippen molar-refractivity contribution in [1.82, 2.24) is 9.97 Å². The Morgan fingerprint density at radius 2 is 1.96 bits per heavy atom. The molecule has 2 heterocycles. The van der Waals surface area contributed by atoms with Crippen molar-refractivity contribution < 1.29 is 5.11 Å². The number of benzene rings is 1. The average Bonchev–Trinajstić information content (AvgIpc) is 2.47. The van der Waals surface area contributed by atoms with Crippen LogP contribution in [0.15, 0.2) is 16.9 Å². The third-order valence-corrected chi connectivity index (χ3v) is 4.84. The fourth-order valence-corrected chi connectivity index (χ4v) is 3.20. The quantitative estimate of drug-likeness (QED) is 0.894. The van der Waals surface area contributed by atoms with Crippen LogP contribution in [0.25, 0.3) is 10.9 Å². The number of aliphatic hydroxyl groups is 1. The number of nitrogens with one attached hydrogen (secondary N) is 1. The molecule has 1 fully saturated rings. The summed E-state index contributed by atoms with van der Waals surface area (Å²) in [6.07, 6.45) is 1.50. The van der Waals surface area contributed by atoms with E-state index in [0.29, 0.717) is 27.8 Å². The number of piperidine rings is 1. The number of rotatable bonds is 2. The Balaban J connectivity index is 2.09. The predicted octanol–water partition coefficient (Wildman–Crippen LogP) is 2.91. The highest BCUT2D eigenvalue weighted by Gasteiger charge is 2.27. The first-order chi connectivity index (χ1) is 10.8. The molecular weight excluding hydrogens is 290 g/mol. The third-order valence-electron chi connectivity index (χ3n) is 4.84. The van der Waals surface area contributed by atoms with E-state index in [2.05, 4.69) is 28.7 Å². The Bertz CT molecular complexity index is 783. The first-order valence-corrected chi connectivity index (χ1v) is 8.24. The second-order valence-electron chi connectivity index (χ2n) is 7.47. The lowest BCUT2D eigenvalue weighted by molar-refractivity contribution is 0.200. The minimum atomic E-state index is -0.653. The smallest absolute Gasteiger partial charge is 0.260 e. The molecule has 0 aliphatic carbocycles. The summed E-state index contributed by atoms with van der Waals surface area (Å²) < 4.78 is 0. The van der Waals surface area contributed by atoms with Gasteiger partial charge in [-0.15, -0.1) is 0 Å². The van der Waals surface area contributed by atoms with E-state index in [1.807, 2.05) is 19.1 Å². The molecule has 124 valence electrons. The summed E-state index contributed by atoms with van der Waals surface area (Å²) in [4.78, 5) is 22.2. The zero-order chi connectivity index (χ0) is 16.8. The molecule has 1 aromatic carbocycles. The fraction of sp³-hybridized carbons (Fsp3) is 0.556. The van der Waals surface area contributed by atoms with E-state index in [1.165, 1.54) is 0 Å². The molecule has 1 saturated heterocycles. The summed E-state index contributed by atoms with van der Waals surface area (Å²) in [5.41, 5.74) is 2.47. The van der Waals surface area contributed by atoms with Gasteiger partial charge in [-0.1, -0.05) is 19.9 Å². The van der Waals surface area contributed by atoms with Crippen LogP contribution in [0.5, 0.6) is 0 Å². The van der Waals surface area contributed by atoms with Gasteiger partial charge in [0.25, 0.3) is 5.56 Å². The van der Waals surface area contributed by atoms with Crippen molar-refractivity contribution in [3.8, 4) is 0 Å². The van der Waals surface area contributed by atoms with Gasteiger partial charge in [0.15, 0.2) is 0 Å². The van der Waals surface area contributed by atoms with Crippen LogP contribution in [0.1, 0.15) is 50.8 Å². The zero-order valence-electron chi connectivity index (χ0n) is 14.3. The average molecular weight is 315 g/mol. The summed E-state index contributed by atoms with van der Waals surface area (Å²) in [6.45, 7) is 9.95. The Morgan fingerprint density at radius 3 is 2.57 bits per heavy atom. The lowest BCUT2D eigenvalue weighted by Gasteiger charge is -2.37. The van der Waals surface area contributed by atoms with Gasteiger partial charge < -0.3 is 10.0 Å². The molecule has 0 spiro atoms. The lowest BCUT2D eigenvalue weighted by atomic mass is 9.83. The minimum absolute atomic E-state index is 0.138. The van der Waals surface area contributed by atoms with Gasteiger partial charge in [-0.3, -0.25) is 9.78 Å². The van der Waals surface area contributed by atoms with Crippen molar-refractivity contribution in [1.29, 1.82) is 0 Å². The Labute approximate surface area is 136 Å². The highest BCUT2D eigenvalue weighted by atomic mass is 16.3. The normalized spacial score (nSPS) is 19.1. The molecule has 0 bridgehead atoms. The molecule has 1 unspecified atom stereocenters. The number of anilines is 1. The van der Waals surface area contributed by atoms with Crippen molar-refractivity contribution in [2.24, 2.45) is 5.41 Å². The maximum Gasteiger partial charge on any atom is 0.260 e. The predicted molar refractivity (Wildman–Crippen MR) is 93.0 cm³/mol. The highest BCUT2D eigenvalue weighted by molar-refractivity contribution is 5.83. The first-order valence-electron chi connectivity index (χ1n) is 8.24. The molecular formula is C18H25N3O2. The summed E-state index contributed by atoms with van der Waals surface area (Å²) in [5, 5.41) is 10.6. The molecule has 0 amide bonds. The number of aliphatic hydroxyl groups excluding tert-OH is 1. The van der Waals surface area contributed by atoms with Gasteiger partial charge in [0, 0.05) is 18.7 Å². The van der Waals surface area contributed by atoms with Crippen LogP contribution in [0.2, 0.25) is 0 Å². The number of hydrogen-bond donors (Lipinski definition) is 2. The van der Waals surface area contributed by atoms with Gasteiger partial charge in [-0.05, 0) is 43.7 Å². The summed E-state index contributed by atoms with van der Waals surface area (Å²) in [5.74, 6) is 0.615. The molecule has 5 heteroatoms. The largest absolute Gasteiger partial charge is 0.389 e. The van der Waals surface area contributed by atoms with Crippen molar-refractivity contribution in [2.75, 3.05) is 18.0 Å². The van der Waals surface area contributed by atoms with E-state index >= 15 is 0 Å². The van der Waals surface area contributed by atoms with E-state index in [-0.39, 0.29) is 5.56 Å². The molecule has 3 rings (SSSR count). The Morgan fingerprint density at radius 1 is 1.30 bits per heavy atom. The van der Waals surface area contributed by atoms with Crippen LogP contribution in [0, 0.1) is 12.3 Å². The van der Waals surface area contributed by atoms with E-state index < -0.39 is 6.10 Å². The molecule has 0 saturated carbocycles. The third kappa shape index (κ3) is 3.11. The van der Waals surface area contributed by atoms with Crippen molar-refractivity contribution >= 4 is 16.9 Å². The molecule has 0 radical (unpaired) electrons.